The van der Waals surface area contributed by atoms with Crippen LogP contribution in [0.25, 0.3) is 0 Å². The summed E-state index contributed by atoms with van der Waals surface area (Å²) in [5.74, 6) is 0. The van der Waals surface area contributed by atoms with Crippen molar-refractivity contribution in [2.45, 2.75) is 50.2 Å². The van der Waals surface area contributed by atoms with Gasteiger partial charge in [-0.1, -0.05) is 12.8 Å². The van der Waals surface area contributed by atoms with Crippen LogP contribution in [0, 0.1) is 0 Å². The molecule has 1 saturated carbocycles. The molecule has 3 atom stereocenters. The predicted molar refractivity (Wildman–Crippen MR) is 65.8 cm³/mol. The SMILES string of the molecule is COC(=O)NC1CCN(C2CCCCC2N)C1. The highest BCUT2D eigenvalue weighted by Crippen LogP contribution is 2.25. The lowest BCUT2D eigenvalue weighted by Gasteiger charge is -2.36. The standard InChI is InChI=1S/C12H23N3O2/c1-17-12(16)14-9-6-7-15(8-9)11-5-3-2-4-10(11)13/h9-11H,2-8,13H2,1H3,(H,14,16). The Hall–Kier alpha value is -0.810. The third kappa shape index (κ3) is 3.10. The number of methoxy groups -OCH3 is 1. The van der Waals surface area contributed by atoms with E-state index in [9.17, 15) is 4.79 Å². The first-order valence-corrected chi connectivity index (χ1v) is 6.55. The molecule has 98 valence electrons. The van der Waals surface area contributed by atoms with Gasteiger partial charge >= 0.3 is 6.09 Å². The molecule has 1 aliphatic carbocycles. The summed E-state index contributed by atoms with van der Waals surface area (Å²) in [5.41, 5.74) is 6.18. The molecule has 2 fully saturated rings. The van der Waals surface area contributed by atoms with Crippen molar-refractivity contribution in [3.05, 3.63) is 0 Å². The highest BCUT2D eigenvalue weighted by Gasteiger charge is 2.33. The Kier molecular flexibility index (Phi) is 4.23. The van der Waals surface area contributed by atoms with Crippen LogP contribution in [0.3, 0.4) is 0 Å². The number of hydrogen-bond donors (Lipinski definition) is 2. The quantitative estimate of drug-likeness (QED) is 0.746. The molecule has 0 aromatic heterocycles. The first-order valence-electron chi connectivity index (χ1n) is 6.55. The molecule has 1 saturated heterocycles. The van der Waals surface area contributed by atoms with Gasteiger partial charge in [0.2, 0.25) is 0 Å². The van der Waals surface area contributed by atoms with E-state index in [0.717, 1.165) is 25.9 Å². The number of rotatable bonds is 2. The van der Waals surface area contributed by atoms with Gasteiger partial charge in [0.15, 0.2) is 0 Å². The van der Waals surface area contributed by atoms with Crippen molar-refractivity contribution in [3.8, 4) is 0 Å². The molecule has 0 radical (unpaired) electrons. The van der Waals surface area contributed by atoms with Gasteiger partial charge in [-0.3, -0.25) is 4.90 Å². The van der Waals surface area contributed by atoms with Crippen LogP contribution in [0.2, 0.25) is 0 Å². The topological polar surface area (TPSA) is 67.6 Å². The maximum atomic E-state index is 11.1. The van der Waals surface area contributed by atoms with E-state index < -0.39 is 0 Å². The molecule has 5 nitrogen and oxygen atoms in total. The van der Waals surface area contributed by atoms with Crippen molar-refractivity contribution in [1.29, 1.82) is 0 Å². The molecule has 3 unspecified atom stereocenters. The third-order valence-corrected chi connectivity index (χ3v) is 3.98. The average Bonchev–Trinajstić information content (AvgIpc) is 2.78. The summed E-state index contributed by atoms with van der Waals surface area (Å²) in [6.07, 6.45) is 5.55. The van der Waals surface area contributed by atoms with Crippen LogP contribution in [-0.4, -0.2) is 49.3 Å². The number of nitrogens with two attached hydrogens (primary N) is 1. The van der Waals surface area contributed by atoms with E-state index in [-0.39, 0.29) is 12.1 Å². The molecular weight excluding hydrogens is 218 g/mol. The second kappa shape index (κ2) is 5.69. The zero-order valence-corrected chi connectivity index (χ0v) is 10.5. The Labute approximate surface area is 103 Å². The maximum Gasteiger partial charge on any atom is 0.407 e. The van der Waals surface area contributed by atoms with Crippen LogP contribution in [-0.2, 0) is 4.74 Å². The molecule has 0 spiro atoms. The zero-order valence-electron chi connectivity index (χ0n) is 10.5. The Bertz CT molecular complexity index is 272. The molecule has 1 heterocycles. The van der Waals surface area contributed by atoms with E-state index in [4.69, 9.17) is 5.73 Å². The normalized spacial score (nSPS) is 34.6. The van der Waals surface area contributed by atoms with E-state index in [1.165, 1.54) is 26.4 Å². The van der Waals surface area contributed by atoms with Gasteiger partial charge in [0.25, 0.3) is 0 Å². The fourth-order valence-corrected chi connectivity index (χ4v) is 3.03. The fraction of sp³-hybridized carbons (Fsp3) is 0.917. The number of carbonyl (C=O) groups is 1. The van der Waals surface area contributed by atoms with Crippen LogP contribution < -0.4 is 11.1 Å². The monoisotopic (exact) mass is 241 g/mol. The number of ether oxygens (including phenoxy) is 1. The van der Waals surface area contributed by atoms with Crippen LogP contribution in [0.5, 0.6) is 0 Å². The van der Waals surface area contributed by atoms with Crippen molar-refractivity contribution in [2.75, 3.05) is 20.2 Å². The van der Waals surface area contributed by atoms with E-state index in [1.807, 2.05) is 0 Å². The van der Waals surface area contributed by atoms with E-state index in [2.05, 4.69) is 15.0 Å². The van der Waals surface area contributed by atoms with Crippen molar-refractivity contribution in [2.24, 2.45) is 5.73 Å². The number of nitrogens with one attached hydrogen (secondary N) is 1. The molecule has 0 bridgehead atoms. The van der Waals surface area contributed by atoms with Crippen molar-refractivity contribution in [3.63, 3.8) is 0 Å². The maximum absolute atomic E-state index is 11.1. The second-order valence-corrected chi connectivity index (χ2v) is 5.13. The van der Waals surface area contributed by atoms with Gasteiger partial charge in [-0.25, -0.2) is 4.79 Å². The molecule has 1 aliphatic heterocycles. The number of hydrogen-bond acceptors (Lipinski definition) is 4. The van der Waals surface area contributed by atoms with Crippen LogP contribution in [0.1, 0.15) is 32.1 Å². The predicted octanol–water partition coefficient (Wildman–Crippen LogP) is 0.687. The largest absolute Gasteiger partial charge is 0.453 e. The highest BCUT2D eigenvalue weighted by molar-refractivity contribution is 5.67. The van der Waals surface area contributed by atoms with Gasteiger partial charge < -0.3 is 15.8 Å². The van der Waals surface area contributed by atoms with E-state index in [1.54, 1.807) is 0 Å². The van der Waals surface area contributed by atoms with Crippen LogP contribution in [0.15, 0.2) is 0 Å². The molecule has 5 heteroatoms. The zero-order chi connectivity index (χ0) is 12.3. The Morgan fingerprint density at radius 1 is 1.35 bits per heavy atom. The summed E-state index contributed by atoms with van der Waals surface area (Å²) in [6.45, 7) is 1.94. The van der Waals surface area contributed by atoms with Crippen molar-refractivity contribution in [1.82, 2.24) is 10.2 Å². The highest BCUT2D eigenvalue weighted by atomic mass is 16.5. The van der Waals surface area contributed by atoms with Crippen molar-refractivity contribution >= 4 is 6.09 Å². The van der Waals surface area contributed by atoms with Gasteiger partial charge in [-0.2, -0.15) is 0 Å². The van der Waals surface area contributed by atoms with E-state index >= 15 is 0 Å². The summed E-state index contributed by atoms with van der Waals surface area (Å²) >= 11 is 0. The molecular formula is C12H23N3O2. The lowest BCUT2D eigenvalue weighted by atomic mass is 9.90. The molecule has 1 amide bonds. The molecule has 0 aromatic carbocycles. The minimum absolute atomic E-state index is 0.219. The summed E-state index contributed by atoms with van der Waals surface area (Å²) in [5, 5.41) is 2.87. The van der Waals surface area contributed by atoms with Gasteiger partial charge in [0.1, 0.15) is 0 Å². The van der Waals surface area contributed by atoms with Gasteiger partial charge in [-0.15, -0.1) is 0 Å². The Balaban J connectivity index is 1.82. The molecule has 17 heavy (non-hydrogen) atoms. The van der Waals surface area contributed by atoms with Gasteiger partial charge in [0.05, 0.1) is 7.11 Å². The first-order chi connectivity index (χ1) is 8.20. The summed E-state index contributed by atoms with van der Waals surface area (Å²) < 4.78 is 4.62. The van der Waals surface area contributed by atoms with Gasteiger partial charge in [-0.05, 0) is 19.3 Å². The Morgan fingerprint density at radius 2 is 2.12 bits per heavy atom. The molecule has 3 N–H and O–H groups in total. The second-order valence-electron chi connectivity index (χ2n) is 5.13. The van der Waals surface area contributed by atoms with Crippen molar-refractivity contribution < 1.29 is 9.53 Å². The fourth-order valence-electron chi connectivity index (χ4n) is 3.03. The number of nitrogens with zero attached hydrogens (tertiary/aromatic N) is 1. The summed E-state index contributed by atoms with van der Waals surface area (Å²) in [4.78, 5) is 13.6. The summed E-state index contributed by atoms with van der Waals surface area (Å²) in [6, 6.07) is 1.03. The lowest BCUT2D eigenvalue weighted by molar-refractivity contribution is 0.155. The minimum atomic E-state index is -0.329. The van der Waals surface area contributed by atoms with Crippen LogP contribution >= 0.6 is 0 Å². The molecule has 2 rings (SSSR count). The molecule has 2 aliphatic rings. The minimum Gasteiger partial charge on any atom is -0.453 e. The lowest BCUT2D eigenvalue weighted by Crippen LogP contribution is -2.49. The number of carbonyl (C=O) groups excluding carboxylic acids is 1. The van der Waals surface area contributed by atoms with Crippen LogP contribution in [0.4, 0.5) is 4.79 Å². The average molecular weight is 241 g/mol. The Morgan fingerprint density at radius 3 is 2.82 bits per heavy atom. The summed E-state index contributed by atoms with van der Waals surface area (Å²) in [7, 11) is 1.40. The third-order valence-electron chi connectivity index (χ3n) is 3.98. The number of amides is 1. The first kappa shape index (κ1) is 12.6. The number of likely N-dealkylation sites (tertiary alicyclic amines) is 1. The number of alkyl carbamates (subject to hydrolysis) is 1. The molecule has 0 aromatic rings. The smallest absolute Gasteiger partial charge is 0.407 e. The van der Waals surface area contributed by atoms with Gasteiger partial charge in [0, 0.05) is 31.2 Å². The van der Waals surface area contributed by atoms with E-state index in [0.29, 0.717) is 12.1 Å².